The van der Waals surface area contributed by atoms with E-state index < -0.39 is 5.41 Å². The lowest BCUT2D eigenvalue weighted by Crippen LogP contribution is -2.45. The molecule has 0 aromatic carbocycles. The Morgan fingerprint density at radius 3 is 2.39 bits per heavy atom. The summed E-state index contributed by atoms with van der Waals surface area (Å²) in [5, 5.41) is 9.04. The zero-order valence-electron chi connectivity index (χ0n) is 11.4. The van der Waals surface area contributed by atoms with E-state index in [4.69, 9.17) is 9.84 Å². The molecule has 1 heterocycles. The minimum atomic E-state index is -0.543. The summed E-state index contributed by atoms with van der Waals surface area (Å²) in [5.74, 6) is -0.243. The van der Waals surface area contributed by atoms with E-state index in [-0.39, 0.29) is 37.5 Å². The number of carbonyl (C=O) groups excluding carboxylic acids is 2. The molecule has 1 aliphatic rings. The van der Waals surface area contributed by atoms with Crippen LogP contribution in [0.3, 0.4) is 0 Å². The van der Waals surface area contributed by atoms with Crippen molar-refractivity contribution in [1.82, 2.24) is 4.90 Å². The van der Waals surface area contributed by atoms with Gasteiger partial charge in [0.2, 0.25) is 11.8 Å². The molecule has 5 nitrogen and oxygen atoms in total. The van der Waals surface area contributed by atoms with Crippen molar-refractivity contribution in [1.29, 1.82) is 0 Å². The standard InChI is InChI=1S/C13H23NO4/c1-4-13(5-2)8-11(16)14(12(13)17)10(6-7-15)9-18-3/h10,15H,4-9H2,1-3H3. The molecule has 0 bridgehead atoms. The Kier molecular flexibility index (Phi) is 5.28. The first-order valence-electron chi connectivity index (χ1n) is 6.52. The van der Waals surface area contributed by atoms with Crippen LogP contribution in [0.2, 0.25) is 0 Å². The van der Waals surface area contributed by atoms with E-state index in [1.807, 2.05) is 13.8 Å². The van der Waals surface area contributed by atoms with Crippen molar-refractivity contribution in [3.63, 3.8) is 0 Å². The van der Waals surface area contributed by atoms with Crippen LogP contribution in [-0.2, 0) is 14.3 Å². The molecule has 0 aliphatic carbocycles. The summed E-state index contributed by atoms with van der Waals surface area (Å²) >= 11 is 0. The van der Waals surface area contributed by atoms with Crippen molar-refractivity contribution < 1.29 is 19.4 Å². The van der Waals surface area contributed by atoms with Gasteiger partial charge in [-0.05, 0) is 19.3 Å². The number of aliphatic hydroxyl groups excluding tert-OH is 1. The molecule has 1 N–H and O–H groups in total. The highest BCUT2D eigenvalue weighted by Crippen LogP contribution is 2.40. The summed E-state index contributed by atoms with van der Waals surface area (Å²) < 4.78 is 5.04. The highest BCUT2D eigenvalue weighted by molar-refractivity contribution is 6.06. The van der Waals surface area contributed by atoms with Gasteiger partial charge in [-0.15, -0.1) is 0 Å². The summed E-state index contributed by atoms with van der Waals surface area (Å²) in [6.45, 7) is 4.10. The van der Waals surface area contributed by atoms with Gasteiger partial charge in [0.1, 0.15) is 0 Å². The monoisotopic (exact) mass is 257 g/mol. The Morgan fingerprint density at radius 2 is 2.00 bits per heavy atom. The molecular weight excluding hydrogens is 234 g/mol. The van der Waals surface area contributed by atoms with Gasteiger partial charge in [0.25, 0.3) is 0 Å². The largest absolute Gasteiger partial charge is 0.396 e. The number of rotatable bonds is 7. The zero-order chi connectivity index (χ0) is 13.8. The Hall–Kier alpha value is -0.940. The number of imide groups is 1. The van der Waals surface area contributed by atoms with E-state index in [2.05, 4.69) is 0 Å². The average Bonchev–Trinajstić information content (AvgIpc) is 2.61. The highest BCUT2D eigenvalue weighted by Gasteiger charge is 2.50. The minimum absolute atomic E-state index is 0.0592. The van der Waals surface area contributed by atoms with Crippen LogP contribution in [0.4, 0.5) is 0 Å². The SMILES string of the molecule is CCC1(CC)CC(=O)N(C(CCO)COC)C1=O. The quantitative estimate of drug-likeness (QED) is 0.690. The van der Waals surface area contributed by atoms with Crippen molar-refractivity contribution in [2.24, 2.45) is 5.41 Å². The lowest BCUT2D eigenvalue weighted by molar-refractivity contribution is -0.146. The van der Waals surface area contributed by atoms with E-state index in [0.717, 1.165) is 0 Å². The minimum Gasteiger partial charge on any atom is -0.396 e. The molecule has 0 radical (unpaired) electrons. The first-order valence-corrected chi connectivity index (χ1v) is 6.52. The van der Waals surface area contributed by atoms with Crippen molar-refractivity contribution in [2.45, 2.75) is 45.6 Å². The predicted molar refractivity (Wildman–Crippen MR) is 66.9 cm³/mol. The molecule has 2 amide bonds. The third-order valence-electron chi connectivity index (χ3n) is 3.97. The predicted octanol–water partition coefficient (Wildman–Crippen LogP) is 0.949. The van der Waals surface area contributed by atoms with Gasteiger partial charge in [-0.1, -0.05) is 13.8 Å². The summed E-state index contributed by atoms with van der Waals surface area (Å²) in [6, 6.07) is -0.347. The van der Waals surface area contributed by atoms with Crippen LogP contribution >= 0.6 is 0 Å². The maximum Gasteiger partial charge on any atom is 0.236 e. The van der Waals surface area contributed by atoms with Gasteiger partial charge in [-0.2, -0.15) is 0 Å². The number of ether oxygens (including phenoxy) is 1. The average molecular weight is 257 g/mol. The van der Waals surface area contributed by atoms with Crippen molar-refractivity contribution in [2.75, 3.05) is 20.3 Å². The van der Waals surface area contributed by atoms with Crippen LogP contribution < -0.4 is 0 Å². The van der Waals surface area contributed by atoms with E-state index in [0.29, 0.717) is 19.3 Å². The molecule has 104 valence electrons. The number of methoxy groups -OCH3 is 1. The number of hydrogen-bond acceptors (Lipinski definition) is 4. The number of nitrogens with zero attached hydrogens (tertiary/aromatic N) is 1. The fraction of sp³-hybridized carbons (Fsp3) is 0.846. The van der Waals surface area contributed by atoms with Gasteiger partial charge >= 0.3 is 0 Å². The van der Waals surface area contributed by atoms with Gasteiger partial charge in [0, 0.05) is 20.1 Å². The Balaban J connectivity index is 2.94. The van der Waals surface area contributed by atoms with Crippen molar-refractivity contribution >= 4 is 11.8 Å². The first kappa shape index (κ1) is 15.1. The Labute approximate surface area is 108 Å². The Bertz CT molecular complexity index is 306. The lowest BCUT2D eigenvalue weighted by Gasteiger charge is -2.28. The maximum atomic E-state index is 12.5. The normalized spacial score (nSPS) is 20.6. The summed E-state index contributed by atoms with van der Waals surface area (Å²) in [5.41, 5.74) is -0.543. The smallest absolute Gasteiger partial charge is 0.236 e. The molecule has 0 aromatic heterocycles. The Morgan fingerprint density at radius 1 is 1.39 bits per heavy atom. The van der Waals surface area contributed by atoms with E-state index >= 15 is 0 Å². The van der Waals surface area contributed by atoms with Crippen LogP contribution in [0.5, 0.6) is 0 Å². The molecule has 1 unspecified atom stereocenters. The van der Waals surface area contributed by atoms with Crippen LogP contribution in [0.1, 0.15) is 39.5 Å². The van der Waals surface area contributed by atoms with E-state index in [1.54, 1.807) is 0 Å². The van der Waals surface area contributed by atoms with E-state index in [9.17, 15) is 9.59 Å². The van der Waals surface area contributed by atoms with Gasteiger partial charge in [0.15, 0.2) is 0 Å². The van der Waals surface area contributed by atoms with Crippen LogP contribution in [0.15, 0.2) is 0 Å². The molecule has 1 rings (SSSR count). The zero-order valence-corrected chi connectivity index (χ0v) is 11.4. The van der Waals surface area contributed by atoms with Crippen LogP contribution in [-0.4, -0.2) is 48.2 Å². The molecule has 0 saturated carbocycles. The van der Waals surface area contributed by atoms with Gasteiger partial charge in [-0.3, -0.25) is 14.5 Å². The molecule has 1 fully saturated rings. The highest BCUT2D eigenvalue weighted by atomic mass is 16.5. The third-order valence-corrected chi connectivity index (χ3v) is 3.97. The van der Waals surface area contributed by atoms with E-state index in [1.165, 1.54) is 12.0 Å². The number of hydrogen-bond donors (Lipinski definition) is 1. The van der Waals surface area contributed by atoms with Crippen molar-refractivity contribution in [3.8, 4) is 0 Å². The second-order valence-corrected chi connectivity index (χ2v) is 4.85. The summed E-state index contributed by atoms with van der Waals surface area (Å²) in [6.07, 6.45) is 1.99. The molecular formula is C13H23NO4. The molecule has 5 heteroatoms. The first-order chi connectivity index (χ1) is 8.56. The fourth-order valence-electron chi connectivity index (χ4n) is 2.62. The van der Waals surface area contributed by atoms with Gasteiger partial charge in [-0.25, -0.2) is 0 Å². The topological polar surface area (TPSA) is 66.8 Å². The number of likely N-dealkylation sites (tertiary alicyclic amines) is 1. The third kappa shape index (κ3) is 2.57. The summed E-state index contributed by atoms with van der Waals surface area (Å²) in [4.78, 5) is 25.8. The van der Waals surface area contributed by atoms with Crippen molar-refractivity contribution in [3.05, 3.63) is 0 Å². The lowest BCUT2D eigenvalue weighted by atomic mass is 9.81. The number of amides is 2. The van der Waals surface area contributed by atoms with Gasteiger partial charge in [0.05, 0.1) is 18.1 Å². The molecule has 0 aromatic rings. The van der Waals surface area contributed by atoms with Gasteiger partial charge < -0.3 is 9.84 Å². The molecule has 18 heavy (non-hydrogen) atoms. The molecule has 1 saturated heterocycles. The molecule has 0 spiro atoms. The summed E-state index contributed by atoms with van der Waals surface area (Å²) in [7, 11) is 1.53. The fourth-order valence-corrected chi connectivity index (χ4v) is 2.62. The van der Waals surface area contributed by atoms with Crippen LogP contribution in [0, 0.1) is 5.41 Å². The maximum absolute atomic E-state index is 12.5. The second-order valence-electron chi connectivity index (χ2n) is 4.85. The number of aliphatic hydroxyl groups is 1. The van der Waals surface area contributed by atoms with Crippen LogP contribution in [0.25, 0.3) is 0 Å². The number of carbonyl (C=O) groups is 2. The molecule has 1 atom stereocenters. The molecule has 1 aliphatic heterocycles. The second kappa shape index (κ2) is 6.29.